The minimum atomic E-state index is 0.552. The third kappa shape index (κ3) is 4.51. The van der Waals surface area contributed by atoms with Crippen molar-refractivity contribution in [2.75, 3.05) is 0 Å². The highest BCUT2D eigenvalue weighted by atomic mass is 15.0. The summed E-state index contributed by atoms with van der Waals surface area (Å²) in [7, 11) is 0. The lowest BCUT2D eigenvalue weighted by Crippen LogP contribution is -2.02. The molecule has 3 aromatic heterocycles. The van der Waals surface area contributed by atoms with Gasteiger partial charge in [-0.2, -0.15) is 0 Å². The van der Waals surface area contributed by atoms with Crippen LogP contribution in [0.25, 0.3) is 103 Å². The predicted octanol–water partition coefficient (Wildman–Crippen LogP) is 13.7. The molecule has 0 atom stereocenters. The lowest BCUT2D eigenvalue weighted by atomic mass is 10.0. The summed E-state index contributed by atoms with van der Waals surface area (Å²) < 4.78 is 6.97. The first kappa shape index (κ1) is 30.7. The molecule has 0 saturated heterocycles. The quantitative estimate of drug-likeness (QED) is 0.163. The molecular weight excluding hydrogens is 671 g/mol. The van der Waals surface area contributed by atoms with E-state index in [1.165, 1.54) is 21.5 Å². The molecule has 11 rings (SSSR count). The van der Waals surface area contributed by atoms with Gasteiger partial charge in [-0.05, 0) is 83.7 Å². The van der Waals surface area contributed by atoms with Crippen LogP contribution in [0, 0.1) is 13.1 Å². The predicted molar refractivity (Wildman–Crippen MR) is 227 cm³/mol. The molecule has 55 heavy (non-hydrogen) atoms. The molecule has 0 aliphatic carbocycles. The molecule has 5 heteroatoms. The van der Waals surface area contributed by atoms with Gasteiger partial charge in [0.05, 0.1) is 51.9 Å². The van der Waals surface area contributed by atoms with Gasteiger partial charge < -0.3 is 13.7 Å². The number of benzene rings is 8. The molecule has 0 radical (unpaired) electrons. The van der Waals surface area contributed by atoms with Crippen molar-refractivity contribution in [1.29, 1.82) is 0 Å². The first-order valence-corrected chi connectivity index (χ1v) is 18.3. The Morgan fingerprint density at radius 2 is 0.782 bits per heavy atom. The normalized spacial score (nSPS) is 11.6. The van der Waals surface area contributed by atoms with E-state index in [1.807, 2.05) is 42.5 Å². The van der Waals surface area contributed by atoms with Gasteiger partial charge in [0.1, 0.15) is 0 Å². The number of para-hydroxylation sites is 5. The standard InChI is InChI=1S/C50H29N5/c1-51-33-23-26-49-43(30-33)42-17-7-10-20-46(42)54(49)36-28-32(27-34(29-36)52-2)37-25-24-35(53-44-18-8-3-13-38(44)39-14-4-9-19-45(39)53)31-50(37)55-47-21-11-5-15-40(47)41-16-6-12-22-48(41)55/h3-31H. The van der Waals surface area contributed by atoms with Crippen molar-refractivity contribution in [1.82, 2.24) is 13.7 Å². The number of fused-ring (bicyclic) bond motifs is 9. The van der Waals surface area contributed by atoms with E-state index in [1.54, 1.807) is 0 Å². The number of aromatic nitrogens is 3. The fourth-order valence-electron chi connectivity index (χ4n) is 8.72. The zero-order chi connectivity index (χ0) is 36.6. The smallest absolute Gasteiger partial charge is 0.189 e. The summed E-state index contributed by atoms with van der Waals surface area (Å²) in [5, 5.41) is 6.88. The molecule has 0 unspecified atom stereocenters. The first-order chi connectivity index (χ1) is 27.2. The number of hydrogen-bond donors (Lipinski definition) is 0. The SMILES string of the molecule is [C-]#[N+]c1cc(-c2ccc(-n3c4ccccc4c4ccccc43)cc2-n2c3ccccc3c3ccccc32)cc(-n2c3ccccc3c3cc([N+]#[C-])ccc32)c1. The van der Waals surface area contributed by atoms with Crippen LogP contribution in [-0.2, 0) is 0 Å². The van der Waals surface area contributed by atoms with Gasteiger partial charge in [0.15, 0.2) is 11.4 Å². The van der Waals surface area contributed by atoms with Gasteiger partial charge in [0.2, 0.25) is 0 Å². The second kappa shape index (κ2) is 11.8. The summed E-state index contributed by atoms with van der Waals surface area (Å²) in [5.41, 5.74) is 12.6. The third-order valence-corrected chi connectivity index (χ3v) is 11.0. The molecular formula is C50H29N5. The van der Waals surface area contributed by atoms with Crippen molar-refractivity contribution in [2.45, 2.75) is 0 Å². The lowest BCUT2D eigenvalue weighted by molar-refractivity contribution is 1.13. The Morgan fingerprint density at radius 3 is 1.31 bits per heavy atom. The van der Waals surface area contributed by atoms with Crippen LogP contribution in [0.5, 0.6) is 0 Å². The number of nitrogens with zero attached hydrogens (tertiary/aromatic N) is 5. The van der Waals surface area contributed by atoms with E-state index in [-0.39, 0.29) is 0 Å². The van der Waals surface area contributed by atoms with Crippen LogP contribution >= 0.6 is 0 Å². The molecule has 3 heterocycles. The molecule has 0 N–H and O–H groups in total. The fraction of sp³-hybridized carbons (Fsp3) is 0. The molecule has 0 saturated carbocycles. The maximum Gasteiger partial charge on any atom is 0.189 e. The largest absolute Gasteiger partial charge is 0.311 e. The second-order valence-corrected chi connectivity index (χ2v) is 14.0. The Labute approximate surface area is 316 Å². The Bertz CT molecular complexity index is 3360. The Kier molecular flexibility index (Phi) is 6.61. The van der Waals surface area contributed by atoms with E-state index in [4.69, 9.17) is 13.1 Å². The van der Waals surface area contributed by atoms with E-state index >= 15 is 0 Å². The van der Waals surface area contributed by atoms with E-state index < -0.39 is 0 Å². The molecule has 8 aromatic carbocycles. The van der Waals surface area contributed by atoms with Gasteiger partial charge in [-0.1, -0.05) is 103 Å². The molecule has 0 aliphatic rings. The molecule has 0 aliphatic heterocycles. The average Bonchev–Trinajstić information content (AvgIpc) is 3.89. The summed E-state index contributed by atoms with van der Waals surface area (Å²) in [4.78, 5) is 7.74. The van der Waals surface area contributed by atoms with Crippen molar-refractivity contribution >= 4 is 76.8 Å². The van der Waals surface area contributed by atoms with Crippen LogP contribution in [0.4, 0.5) is 11.4 Å². The van der Waals surface area contributed by atoms with E-state index in [9.17, 15) is 0 Å². The van der Waals surface area contributed by atoms with Gasteiger partial charge in [0.25, 0.3) is 0 Å². The van der Waals surface area contributed by atoms with Crippen molar-refractivity contribution in [3.05, 3.63) is 199 Å². The molecule has 11 aromatic rings. The summed E-state index contributed by atoms with van der Waals surface area (Å²) in [6.07, 6.45) is 0. The van der Waals surface area contributed by atoms with Crippen LogP contribution in [0.15, 0.2) is 176 Å². The molecule has 254 valence electrons. The fourth-order valence-corrected chi connectivity index (χ4v) is 8.72. The lowest BCUT2D eigenvalue weighted by Gasteiger charge is -2.19. The zero-order valence-electron chi connectivity index (χ0n) is 29.5. The molecule has 0 amide bonds. The van der Waals surface area contributed by atoms with Gasteiger partial charge in [0, 0.05) is 43.9 Å². The number of rotatable bonds is 4. The average molecular weight is 700 g/mol. The molecule has 5 nitrogen and oxygen atoms in total. The number of hydrogen-bond acceptors (Lipinski definition) is 0. The topological polar surface area (TPSA) is 23.5 Å². The van der Waals surface area contributed by atoms with Crippen LogP contribution < -0.4 is 0 Å². The van der Waals surface area contributed by atoms with Gasteiger partial charge >= 0.3 is 0 Å². The summed E-state index contributed by atoms with van der Waals surface area (Å²) in [6.45, 7) is 15.9. The Balaban J connectivity index is 1.23. The highest BCUT2D eigenvalue weighted by molar-refractivity contribution is 6.12. The van der Waals surface area contributed by atoms with Crippen LogP contribution in [0.2, 0.25) is 0 Å². The molecule has 0 fully saturated rings. The maximum absolute atomic E-state index is 8.27. The minimum absolute atomic E-state index is 0.552. The molecule has 0 bridgehead atoms. The highest BCUT2D eigenvalue weighted by Gasteiger charge is 2.20. The van der Waals surface area contributed by atoms with E-state index in [2.05, 4.69) is 157 Å². The highest BCUT2D eigenvalue weighted by Crippen LogP contribution is 2.42. The van der Waals surface area contributed by atoms with Crippen molar-refractivity contribution in [3.8, 4) is 28.2 Å². The summed E-state index contributed by atoms with van der Waals surface area (Å²) in [6, 6.07) is 61.5. The van der Waals surface area contributed by atoms with E-state index in [0.29, 0.717) is 11.4 Å². The van der Waals surface area contributed by atoms with E-state index in [0.717, 1.165) is 72.1 Å². The third-order valence-electron chi connectivity index (χ3n) is 11.0. The van der Waals surface area contributed by atoms with Gasteiger partial charge in [-0.25, -0.2) is 9.69 Å². The zero-order valence-corrected chi connectivity index (χ0v) is 29.5. The van der Waals surface area contributed by atoms with Crippen LogP contribution in [0.1, 0.15) is 0 Å². The maximum atomic E-state index is 8.27. The Morgan fingerprint density at radius 1 is 0.327 bits per heavy atom. The van der Waals surface area contributed by atoms with Crippen LogP contribution in [0.3, 0.4) is 0 Å². The molecule has 0 spiro atoms. The Hall–Kier alpha value is -7.86. The minimum Gasteiger partial charge on any atom is -0.311 e. The summed E-state index contributed by atoms with van der Waals surface area (Å²) in [5.74, 6) is 0. The monoisotopic (exact) mass is 699 g/mol. The van der Waals surface area contributed by atoms with Crippen molar-refractivity contribution in [2.24, 2.45) is 0 Å². The van der Waals surface area contributed by atoms with Gasteiger partial charge in [-0.15, -0.1) is 0 Å². The first-order valence-electron chi connectivity index (χ1n) is 18.3. The van der Waals surface area contributed by atoms with Crippen LogP contribution in [-0.4, -0.2) is 13.7 Å². The van der Waals surface area contributed by atoms with Crippen molar-refractivity contribution in [3.63, 3.8) is 0 Å². The van der Waals surface area contributed by atoms with Crippen molar-refractivity contribution < 1.29 is 0 Å². The summed E-state index contributed by atoms with van der Waals surface area (Å²) >= 11 is 0. The second-order valence-electron chi connectivity index (χ2n) is 14.0. The van der Waals surface area contributed by atoms with Gasteiger partial charge in [-0.3, -0.25) is 0 Å².